The van der Waals surface area contributed by atoms with Gasteiger partial charge in [0.05, 0.1) is 22.3 Å². The lowest BCUT2D eigenvalue weighted by molar-refractivity contribution is 0.411. The molecule has 106 valence electrons. The summed E-state index contributed by atoms with van der Waals surface area (Å²) in [7, 11) is 0. The van der Waals surface area contributed by atoms with Crippen LogP contribution in [0, 0.1) is 13.8 Å². The molecule has 0 spiro atoms. The fourth-order valence-corrected chi connectivity index (χ4v) is 2.97. The highest BCUT2D eigenvalue weighted by Gasteiger charge is 2.25. The zero-order valence-corrected chi connectivity index (χ0v) is 12.3. The van der Waals surface area contributed by atoms with Crippen LogP contribution >= 0.6 is 0 Å². The summed E-state index contributed by atoms with van der Waals surface area (Å²) in [5.74, 6) is 1.46. The van der Waals surface area contributed by atoms with Crippen molar-refractivity contribution in [3.8, 4) is 11.4 Å². The fraction of sp³-hybridized carbons (Fsp3) is 0.353. The van der Waals surface area contributed by atoms with Crippen LogP contribution in [0.5, 0.6) is 0 Å². The van der Waals surface area contributed by atoms with Crippen LogP contribution in [0.15, 0.2) is 24.7 Å². The number of imidazole rings is 1. The second-order valence-corrected chi connectivity index (χ2v) is 5.94. The highest BCUT2D eigenvalue weighted by Crippen LogP contribution is 2.39. The van der Waals surface area contributed by atoms with Crippen LogP contribution in [0.1, 0.15) is 42.0 Å². The minimum Gasteiger partial charge on any atom is -0.338 e. The van der Waals surface area contributed by atoms with Gasteiger partial charge >= 0.3 is 0 Å². The van der Waals surface area contributed by atoms with E-state index in [4.69, 9.17) is 4.98 Å². The third-order valence-electron chi connectivity index (χ3n) is 4.67. The quantitative estimate of drug-likeness (QED) is 0.773. The number of benzene rings is 1. The first kappa shape index (κ1) is 12.5. The standard InChI is InChI=1S/C17H18N4/c1-10-6-7-14-15(11(10)2)21-17(20-14)13-8-18-9-19-16(13)12-4-3-5-12/h6-9,12H,3-5H2,1-2H3,(H,20,21). The number of rotatable bonds is 2. The van der Waals surface area contributed by atoms with Crippen molar-refractivity contribution >= 4 is 11.0 Å². The predicted octanol–water partition coefficient (Wildman–Crippen LogP) is 3.90. The molecule has 1 aliphatic carbocycles. The van der Waals surface area contributed by atoms with Crippen molar-refractivity contribution in [3.05, 3.63) is 41.5 Å². The maximum Gasteiger partial charge on any atom is 0.141 e. The van der Waals surface area contributed by atoms with Crippen molar-refractivity contribution in [3.63, 3.8) is 0 Å². The van der Waals surface area contributed by atoms with Crippen LogP contribution < -0.4 is 0 Å². The number of hydrogen-bond donors (Lipinski definition) is 1. The molecule has 2 aromatic heterocycles. The largest absolute Gasteiger partial charge is 0.338 e. The zero-order valence-electron chi connectivity index (χ0n) is 12.3. The highest BCUT2D eigenvalue weighted by molar-refractivity contribution is 5.83. The van der Waals surface area contributed by atoms with Gasteiger partial charge in [0.1, 0.15) is 12.2 Å². The summed E-state index contributed by atoms with van der Waals surface area (Å²) in [5, 5.41) is 0. The van der Waals surface area contributed by atoms with Gasteiger partial charge in [-0.15, -0.1) is 0 Å². The minimum absolute atomic E-state index is 0.569. The molecule has 1 N–H and O–H groups in total. The van der Waals surface area contributed by atoms with Crippen LogP contribution in [0.2, 0.25) is 0 Å². The van der Waals surface area contributed by atoms with E-state index in [1.165, 1.54) is 30.4 Å². The van der Waals surface area contributed by atoms with Gasteiger partial charge in [0, 0.05) is 12.1 Å². The van der Waals surface area contributed by atoms with E-state index in [-0.39, 0.29) is 0 Å². The summed E-state index contributed by atoms with van der Waals surface area (Å²) in [6, 6.07) is 4.23. The average molecular weight is 278 g/mol. The summed E-state index contributed by atoms with van der Waals surface area (Å²) < 4.78 is 0. The molecule has 0 aliphatic heterocycles. The molecule has 4 rings (SSSR count). The molecule has 0 unspecified atom stereocenters. The van der Waals surface area contributed by atoms with Gasteiger partial charge in [0.2, 0.25) is 0 Å². The molecule has 4 nitrogen and oxygen atoms in total. The van der Waals surface area contributed by atoms with Gasteiger partial charge < -0.3 is 4.98 Å². The Hall–Kier alpha value is -2.23. The van der Waals surface area contributed by atoms with E-state index in [0.29, 0.717) is 5.92 Å². The Morgan fingerprint density at radius 3 is 2.81 bits per heavy atom. The molecular formula is C17H18N4. The van der Waals surface area contributed by atoms with Gasteiger partial charge in [-0.1, -0.05) is 12.5 Å². The van der Waals surface area contributed by atoms with Crippen molar-refractivity contribution in [1.29, 1.82) is 0 Å². The van der Waals surface area contributed by atoms with E-state index in [0.717, 1.165) is 28.1 Å². The van der Waals surface area contributed by atoms with Crippen LogP contribution in [0.25, 0.3) is 22.4 Å². The van der Waals surface area contributed by atoms with Crippen molar-refractivity contribution in [1.82, 2.24) is 19.9 Å². The molecule has 1 aromatic carbocycles. The van der Waals surface area contributed by atoms with E-state index < -0.39 is 0 Å². The Balaban J connectivity index is 1.89. The number of nitrogens with zero attached hydrogens (tertiary/aromatic N) is 3. The summed E-state index contributed by atoms with van der Waals surface area (Å²) in [4.78, 5) is 17.0. The van der Waals surface area contributed by atoms with Crippen LogP contribution in [0.3, 0.4) is 0 Å². The Bertz CT molecular complexity index is 815. The molecule has 0 atom stereocenters. The van der Waals surface area contributed by atoms with Gasteiger partial charge in [0.15, 0.2) is 0 Å². The van der Waals surface area contributed by atoms with Gasteiger partial charge in [0.25, 0.3) is 0 Å². The van der Waals surface area contributed by atoms with E-state index in [2.05, 4.69) is 40.9 Å². The smallest absolute Gasteiger partial charge is 0.141 e. The first-order chi connectivity index (χ1) is 10.2. The van der Waals surface area contributed by atoms with Crippen molar-refractivity contribution in [2.24, 2.45) is 0 Å². The lowest BCUT2D eigenvalue weighted by Crippen LogP contribution is -2.12. The first-order valence-corrected chi connectivity index (χ1v) is 7.50. The Kier molecular flexibility index (Phi) is 2.77. The fourth-order valence-electron chi connectivity index (χ4n) is 2.97. The molecule has 21 heavy (non-hydrogen) atoms. The van der Waals surface area contributed by atoms with Gasteiger partial charge in [-0.25, -0.2) is 15.0 Å². The third-order valence-corrected chi connectivity index (χ3v) is 4.67. The summed E-state index contributed by atoms with van der Waals surface area (Å²) in [5.41, 5.74) is 6.83. The predicted molar refractivity (Wildman–Crippen MR) is 83.2 cm³/mol. The maximum atomic E-state index is 4.81. The summed E-state index contributed by atoms with van der Waals surface area (Å²) in [6.45, 7) is 4.24. The number of hydrogen-bond acceptors (Lipinski definition) is 3. The van der Waals surface area contributed by atoms with Crippen LogP contribution in [-0.2, 0) is 0 Å². The van der Waals surface area contributed by atoms with E-state index in [9.17, 15) is 0 Å². The second-order valence-electron chi connectivity index (χ2n) is 5.94. The number of fused-ring (bicyclic) bond motifs is 1. The zero-order chi connectivity index (χ0) is 14.4. The average Bonchev–Trinajstić information content (AvgIpc) is 2.86. The normalized spacial score (nSPS) is 15.3. The summed E-state index contributed by atoms with van der Waals surface area (Å²) in [6.07, 6.45) is 7.28. The highest BCUT2D eigenvalue weighted by atomic mass is 14.9. The molecule has 3 aromatic rings. The molecule has 1 saturated carbocycles. The van der Waals surface area contributed by atoms with E-state index >= 15 is 0 Å². The molecule has 0 bridgehead atoms. The topological polar surface area (TPSA) is 54.5 Å². The number of H-pyrrole nitrogens is 1. The Labute approximate surface area is 123 Å². The molecule has 0 amide bonds. The molecular weight excluding hydrogens is 260 g/mol. The van der Waals surface area contributed by atoms with E-state index in [1.807, 2.05) is 6.20 Å². The van der Waals surface area contributed by atoms with Crippen LogP contribution in [-0.4, -0.2) is 19.9 Å². The number of nitrogens with one attached hydrogen (secondary N) is 1. The second kappa shape index (κ2) is 4.65. The lowest BCUT2D eigenvalue weighted by Gasteiger charge is -2.25. The van der Waals surface area contributed by atoms with E-state index in [1.54, 1.807) is 6.33 Å². The Morgan fingerprint density at radius 2 is 2.05 bits per heavy atom. The van der Waals surface area contributed by atoms with Crippen molar-refractivity contribution < 1.29 is 0 Å². The SMILES string of the molecule is Cc1ccc2[nH]c(-c3cncnc3C3CCC3)nc2c1C. The van der Waals surface area contributed by atoms with Crippen molar-refractivity contribution in [2.45, 2.75) is 39.0 Å². The van der Waals surface area contributed by atoms with Crippen LogP contribution in [0.4, 0.5) is 0 Å². The molecule has 2 heterocycles. The minimum atomic E-state index is 0.569. The number of aryl methyl sites for hydroxylation is 2. The van der Waals surface area contributed by atoms with Gasteiger partial charge in [-0.3, -0.25) is 0 Å². The lowest BCUT2D eigenvalue weighted by atomic mass is 9.81. The van der Waals surface area contributed by atoms with Crippen molar-refractivity contribution in [2.75, 3.05) is 0 Å². The molecule has 1 aliphatic rings. The summed E-state index contributed by atoms with van der Waals surface area (Å²) >= 11 is 0. The molecule has 0 radical (unpaired) electrons. The number of aromatic nitrogens is 4. The monoisotopic (exact) mass is 278 g/mol. The third kappa shape index (κ3) is 1.94. The first-order valence-electron chi connectivity index (χ1n) is 7.50. The maximum absolute atomic E-state index is 4.81. The molecule has 4 heteroatoms. The van der Waals surface area contributed by atoms with Gasteiger partial charge in [-0.2, -0.15) is 0 Å². The number of aromatic amines is 1. The Morgan fingerprint density at radius 1 is 1.19 bits per heavy atom. The van der Waals surface area contributed by atoms with Gasteiger partial charge in [-0.05, 0) is 43.9 Å². The molecule has 0 saturated heterocycles. The molecule has 1 fully saturated rings.